The van der Waals surface area contributed by atoms with Crippen LogP contribution < -0.4 is 0 Å². The van der Waals surface area contributed by atoms with Gasteiger partial charge in [-0.2, -0.15) is 0 Å². The lowest BCUT2D eigenvalue weighted by Gasteiger charge is -2.23. The molecule has 0 aromatic carbocycles. The first-order chi connectivity index (χ1) is 9.67. The quantitative estimate of drug-likeness (QED) is 0.776. The molecule has 0 spiro atoms. The summed E-state index contributed by atoms with van der Waals surface area (Å²) in [5.41, 5.74) is 3.59. The monoisotopic (exact) mass is 280 g/mol. The first kappa shape index (κ1) is 14.4. The van der Waals surface area contributed by atoms with E-state index in [0.29, 0.717) is 37.6 Å². The van der Waals surface area contributed by atoms with Crippen LogP contribution in [0.15, 0.2) is 41.2 Å². The molecule has 108 valence electrons. The van der Waals surface area contributed by atoms with Crippen LogP contribution in [0, 0.1) is 0 Å². The average molecular weight is 280 g/mol. The minimum absolute atomic E-state index is 0.0547. The van der Waals surface area contributed by atoms with Crippen LogP contribution in [0.3, 0.4) is 0 Å². The van der Waals surface area contributed by atoms with Crippen molar-refractivity contribution in [1.82, 2.24) is 9.80 Å². The number of amides is 1. The first-order valence-corrected chi connectivity index (χ1v) is 6.52. The fourth-order valence-electron chi connectivity index (χ4n) is 2.12. The number of hydrogen-bond acceptors (Lipinski definition) is 4. The van der Waals surface area contributed by atoms with E-state index < -0.39 is 11.9 Å². The molecule has 0 bridgehead atoms. The Bertz CT molecular complexity index is 519. The van der Waals surface area contributed by atoms with Gasteiger partial charge in [-0.05, 0) is 19.1 Å². The van der Waals surface area contributed by atoms with E-state index in [1.807, 2.05) is 6.92 Å². The lowest BCUT2D eigenvalue weighted by Crippen LogP contribution is -2.26. The van der Waals surface area contributed by atoms with E-state index >= 15 is 0 Å². The summed E-state index contributed by atoms with van der Waals surface area (Å²) in [6.45, 7) is 3.43. The Kier molecular flexibility index (Phi) is 4.61. The van der Waals surface area contributed by atoms with Gasteiger partial charge in [-0.15, -0.1) is 0 Å². The van der Waals surface area contributed by atoms with Crippen LogP contribution in [0.2, 0.25) is 0 Å². The summed E-state index contributed by atoms with van der Waals surface area (Å²) in [6.07, 6.45) is 3.93. The van der Waals surface area contributed by atoms with Gasteiger partial charge in [0.1, 0.15) is 12.4 Å². The van der Waals surface area contributed by atoms with Crippen molar-refractivity contribution in [3.05, 3.63) is 41.2 Å². The topological polar surface area (TPSA) is 53.0 Å². The molecular formula is C14H17FN2O3. The molecule has 6 heteroatoms. The number of aliphatic hydroxyl groups is 1. The summed E-state index contributed by atoms with van der Waals surface area (Å²) in [5, 5.41) is 9.00. The van der Waals surface area contributed by atoms with Crippen LogP contribution in [0.4, 0.5) is 9.18 Å². The van der Waals surface area contributed by atoms with Gasteiger partial charge in [0.25, 0.3) is 0 Å². The molecule has 0 aromatic heterocycles. The predicted molar refractivity (Wildman–Crippen MR) is 71.3 cm³/mol. The standard InChI is InChI=1S/C14H17FN2O3/c1-2-16(6-8-18)13-5-3-4-11(10-12(13)15)17-7-9-20-14(17)19/h3,5,10,18H,2,6-9H2,1H3. The van der Waals surface area contributed by atoms with Crippen LogP contribution >= 0.6 is 0 Å². The maximum atomic E-state index is 14.3. The molecule has 1 aliphatic heterocycles. The first-order valence-electron chi connectivity index (χ1n) is 6.52. The third-order valence-corrected chi connectivity index (χ3v) is 3.12. The molecule has 1 saturated heterocycles. The molecule has 1 heterocycles. The van der Waals surface area contributed by atoms with E-state index in [9.17, 15) is 9.18 Å². The average Bonchev–Trinajstić information content (AvgIpc) is 2.77. The molecular weight excluding hydrogens is 263 g/mol. The Hall–Kier alpha value is -2.04. The molecule has 1 aliphatic carbocycles. The molecule has 0 atom stereocenters. The second-order valence-corrected chi connectivity index (χ2v) is 4.31. The Labute approximate surface area is 116 Å². The maximum Gasteiger partial charge on any atom is 0.414 e. The van der Waals surface area contributed by atoms with Crippen molar-refractivity contribution in [2.45, 2.75) is 6.92 Å². The second-order valence-electron chi connectivity index (χ2n) is 4.31. The third kappa shape index (κ3) is 2.92. The zero-order valence-electron chi connectivity index (χ0n) is 11.3. The van der Waals surface area contributed by atoms with Crippen LogP contribution in [-0.2, 0) is 4.74 Å². The third-order valence-electron chi connectivity index (χ3n) is 3.12. The van der Waals surface area contributed by atoms with Gasteiger partial charge in [-0.3, -0.25) is 4.90 Å². The molecule has 20 heavy (non-hydrogen) atoms. The van der Waals surface area contributed by atoms with Gasteiger partial charge in [0.2, 0.25) is 0 Å². The molecule has 1 amide bonds. The molecule has 0 aromatic rings. The van der Waals surface area contributed by atoms with Crippen molar-refractivity contribution in [2.24, 2.45) is 0 Å². The van der Waals surface area contributed by atoms with E-state index in [-0.39, 0.29) is 6.61 Å². The van der Waals surface area contributed by atoms with Gasteiger partial charge >= 0.3 is 6.09 Å². The van der Waals surface area contributed by atoms with E-state index in [4.69, 9.17) is 9.84 Å². The van der Waals surface area contributed by atoms with E-state index in [1.54, 1.807) is 17.1 Å². The van der Waals surface area contributed by atoms with Crippen molar-refractivity contribution in [3.8, 4) is 0 Å². The van der Waals surface area contributed by atoms with Crippen molar-refractivity contribution < 1.29 is 19.0 Å². The molecule has 2 aliphatic rings. The number of ether oxygens (including phenoxy) is 1. The fourth-order valence-corrected chi connectivity index (χ4v) is 2.12. The van der Waals surface area contributed by atoms with Crippen molar-refractivity contribution >= 4 is 6.09 Å². The summed E-state index contributed by atoms with van der Waals surface area (Å²) in [7, 11) is 0. The second kappa shape index (κ2) is 6.41. The molecule has 0 radical (unpaired) electrons. The fraction of sp³-hybridized carbons (Fsp3) is 0.429. The van der Waals surface area contributed by atoms with Crippen molar-refractivity contribution in [2.75, 3.05) is 32.8 Å². The summed E-state index contributed by atoms with van der Waals surface area (Å²) >= 11 is 0. The molecule has 1 N–H and O–H groups in total. The Morgan fingerprint density at radius 2 is 2.40 bits per heavy atom. The Morgan fingerprint density at radius 3 is 3.00 bits per heavy atom. The highest BCUT2D eigenvalue weighted by atomic mass is 19.1. The van der Waals surface area contributed by atoms with Gasteiger partial charge in [-0.25, -0.2) is 9.18 Å². The minimum atomic E-state index is -0.490. The van der Waals surface area contributed by atoms with Crippen LogP contribution in [0.5, 0.6) is 0 Å². The van der Waals surface area contributed by atoms with E-state index in [0.717, 1.165) is 0 Å². The van der Waals surface area contributed by atoms with Crippen molar-refractivity contribution in [3.63, 3.8) is 0 Å². The Morgan fingerprint density at radius 1 is 1.60 bits per heavy atom. The number of allylic oxidation sites excluding steroid dienone is 3. The number of rotatable bonds is 5. The van der Waals surface area contributed by atoms with Crippen LogP contribution in [0.25, 0.3) is 0 Å². The van der Waals surface area contributed by atoms with E-state index in [1.165, 1.54) is 11.0 Å². The normalized spacial score (nSPS) is 18.2. The smallest absolute Gasteiger partial charge is 0.414 e. The molecule has 1 fully saturated rings. The minimum Gasteiger partial charge on any atom is -0.447 e. The van der Waals surface area contributed by atoms with Crippen molar-refractivity contribution in [1.29, 1.82) is 0 Å². The molecule has 2 rings (SSSR count). The molecule has 0 saturated carbocycles. The number of cyclic esters (lactones) is 1. The highest BCUT2D eigenvalue weighted by Crippen LogP contribution is 2.23. The number of halogens is 1. The zero-order valence-corrected chi connectivity index (χ0v) is 11.3. The highest BCUT2D eigenvalue weighted by Gasteiger charge is 2.26. The van der Waals surface area contributed by atoms with E-state index in [2.05, 4.69) is 5.73 Å². The number of aliphatic hydroxyl groups excluding tert-OH is 1. The van der Waals surface area contributed by atoms with Gasteiger partial charge in [0, 0.05) is 19.2 Å². The van der Waals surface area contributed by atoms with Gasteiger partial charge in [-0.1, -0.05) is 5.73 Å². The van der Waals surface area contributed by atoms with Gasteiger partial charge in [0.15, 0.2) is 0 Å². The summed E-state index contributed by atoms with van der Waals surface area (Å²) in [5.74, 6) is -0.462. The lowest BCUT2D eigenvalue weighted by atomic mass is 10.2. The number of likely N-dealkylation sites (N-methyl/N-ethyl adjacent to an activating group) is 1. The largest absolute Gasteiger partial charge is 0.447 e. The summed E-state index contributed by atoms with van der Waals surface area (Å²) in [4.78, 5) is 14.5. The number of nitrogens with zero attached hydrogens (tertiary/aromatic N) is 2. The number of carbonyl (C=O) groups excluding carboxylic acids is 1. The van der Waals surface area contributed by atoms with Gasteiger partial charge in [0.05, 0.1) is 24.5 Å². The molecule has 0 unspecified atom stereocenters. The molecule has 5 nitrogen and oxygen atoms in total. The predicted octanol–water partition coefficient (Wildman–Crippen LogP) is 1.54. The number of hydrogen-bond donors (Lipinski definition) is 1. The zero-order chi connectivity index (χ0) is 14.5. The maximum absolute atomic E-state index is 14.3. The summed E-state index contributed by atoms with van der Waals surface area (Å²) in [6, 6.07) is 0. The lowest BCUT2D eigenvalue weighted by molar-refractivity contribution is 0.165. The van der Waals surface area contributed by atoms with Gasteiger partial charge < -0.3 is 14.7 Å². The van der Waals surface area contributed by atoms with Crippen LogP contribution in [-0.4, -0.2) is 53.8 Å². The van der Waals surface area contributed by atoms with Crippen LogP contribution in [0.1, 0.15) is 6.92 Å². The summed E-state index contributed by atoms with van der Waals surface area (Å²) < 4.78 is 19.1. The Balaban J connectivity index is 2.22. The SMILES string of the molecule is CCN(CCO)C1=CC=C=C(N2CCOC2=O)C=C1F. The highest BCUT2D eigenvalue weighted by molar-refractivity contribution is 5.72. The number of carbonyl (C=O) groups is 1.